The Balaban J connectivity index is 2.04. The van der Waals surface area contributed by atoms with Crippen molar-refractivity contribution in [2.75, 3.05) is 23.7 Å². The quantitative estimate of drug-likeness (QED) is 0.780. The minimum atomic E-state index is 0.810. The van der Waals surface area contributed by atoms with Gasteiger partial charge in [0.05, 0.1) is 0 Å². The summed E-state index contributed by atoms with van der Waals surface area (Å²) in [5, 5.41) is 6.72. The maximum Gasteiger partial charge on any atom is 0.134 e. The fourth-order valence-electron chi connectivity index (χ4n) is 2.30. The molecule has 0 aliphatic heterocycles. The Morgan fingerprint density at radius 3 is 2.43 bits per heavy atom. The van der Waals surface area contributed by atoms with E-state index in [0.29, 0.717) is 0 Å². The van der Waals surface area contributed by atoms with Gasteiger partial charge in [-0.2, -0.15) is 0 Å². The molecule has 0 atom stereocenters. The highest BCUT2D eigenvalue weighted by Crippen LogP contribution is 2.21. The van der Waals surface area contributed by atoms with Crippen molar-refractivity contribution in [2.24, 2.45) is 7.05 Å². The van der Waals surface area contributed by atoms with E-state index in [0.717, 1.165) is 49.8 Å². The molecule has 0 radical (unpaired) electrons. The van der Waals surface area contributed by atoms with Gasteiger partial charge in [0.15, 0.2) is 0 Å². The van der Waals surface area contributed by atoms with E-state index in [4.69, 9.17) is 0 Å². The van der Waals surface area contributed by atoms with Crippen LogP contribution in [0.25, 0.3) is 0 Å². The summed E-state index contributed by atoms with van der Waals surface area (Å²) in [7, 11) is 2.01. The standard InChI is InChI=1S/C15H24N6/c1-4-6-12-14(16-5-2)19-11-20-15(12)18-8-7-13-17-9-10-21(13)3/h9-11H,4-8H2,1-3H3,(H2,16,18,19,20). The van der Waals surface area contributed by atoms with E-state index >= 15 is 0 Å². The Kier molecular flexibility index (Phi) is 5.54. The smallest absolute Gasteiger partial charge is 0.134 e. The molecule has 0 amide bonds. The average molecular weight is 288 g/mol. The van der Waals surface area contributed by atoms with E-state index in [-0.39, 0.29) is 0 Å². The fraction of sp³-hybridized carbons (Fsp3) is 0.533. The van der Waals surface area contributed by atoms with Crippen LogP contribution < -0.4 is 10.6 Å². The minimum Gasteiger partial charge on any atom is -0.370 e. The van der Waals surface area contributed by atoms with Crippen LogP contribution in [0.3, 0.4) is 0 Å². The van der Waals surface area contributed by atoms with Gasteiger partial charge in [-0.15, -0.1) is 0 Å². The van der Waals surface area contributed by atoms with Crippen LogP contribution in [0.5, 0.6) is 0 Å². The van der Waals surface area contributed by atoms with Crippen molar-refractivity contribution in [1.82, 2.24) is 19.5 Å². The third kappa shape index (κ3) is 3.93. The third-order valence-corrected chi connectivity index (χ3v) is 3.35. The summed E-state index contributed by atoms with van der Waals surface area (Å²) in [5.41, 5.74) is 1.17. The number of hydrogen-bond acceptors (Lipinski definition) is 5. The maximum absolute atomic E-state index is 4.39. The molecule has 2 aromatic rings. The molecule has 6 heteroatoms. The molecule has 2 heterocycles. The average Bonchev–Trinajstić information content (AvgIpc) is 2.88. The van der Waals surface area contributed by atoms with Crippen LogP contribution in [-0.2, 0) is 19.9 Å². The number of hydrogen-bond donors (Lipinski definition) is 2. The lowest BCUT2D eigenvalue weighted by Crippen LogP contribution is -2.13. The van der Waals surface area contributed by atoms with E-state index in [1.54, 1.807) is 6.33 Å². The molecule has 0 unspecified atom stereocenters. The largest absolute Gasteiger partial charge is 0.370 e. The molecule has 0 saturated heterocycles. The number of aromatic nitrogens is 4. The van der Waals surface area contributed by atoms with Gasteiger partial charge in [-0.05, 0) is 13.3 Å². The lowest BCUT2D eigenvalue weighted by molar-refractivity contribution is 0.786. The number of imidazole rings is 1. The Morgan fingerprint density at radius 1 is 1.05 bits per heavy atom. The van der Waals surface area contributed by atoms with Crippen molar-refractivity contribution in [1.29, 1.82) is 0 Å². The molecule has 0 bridgehead atoms. The summed E-state index contributed by atoms with van der Waals surface area (Å²) in [4.78, 5) is 13.1. The van der Waals surface area contributed by atoms with Crippen LogP contribution in [0.15, 0.2) is 18.7 Å². The zero-order chi connectivity index (χ0) is 15.1. The van der Waals surface area contributed by atoms with Crippen LogP contribution in [0.4, 0.5) is 11.6 Å². The lowest BCUT2D eigenvalue weighted by atomic mass is 10.1. The molecule has 0 aliphatic carbocycles. The van der Waals surface area contributed by atoms with Gasteiger partial charge < -0.3 is 15.2 Å². The summed E-state index contributed by atoms with van der Waals surface area (Å²) < 4.78 is 2.04. The van der Waals surface area contributed by atoms with Gasteiger partial charge in [0.1, 0.15) is 23.8 Å². The monoisotopic (exact) mass is 288 g/mol. The van der Waals surface area contributed by atoms with Crippen LogP contribution in [-0.4, -0.2) is 32.6 Å². The first-order valence-electron chi connectivity index (χ1n) is 7.54. The Hall–Kier alpha value is -2.11. The maximum atomic E-state index is 4.39. The van der Waals surface area contributed by atoms with Gasteiger partial charge >= 0.3 is 0 Å². The molecule has 0 aromatic carbocycles. The molecule has 6 nitrogen and oxygen atoms in total. The number of nitrogens with one attached hydrogen (secondary N) is 2. The third-order valence-electron chi connectivity index (χ3n) is 3.35. The first-order chi connectivity index (χ1) is 10.3. The summed E-state index contributed by atoms with van der Waals surface area (Å²) in [6.45, 7) is 5.91. The van der Waals surface area contributed by atoms with E-state index in [2.05, 4.69) is 39.4 Å². The Morgan fingerprint density at radius 2 is 1.81 bits per heavy atom. The molecule has 0 fully saturated rings. The second-order valence-corrected chi connectivity index (χ2v) is 4.96. The first-order valence-corrected chi connectivity index (χ1v) is 7.54. The SMILES string of the molecule is CCCc1c(NCC)ncnc1NCCc1nccn1C. The van der Waals surface area contributed by atoms with E-state index < -0.39 is 0 Å². The molecule has 114 valence electrons. The van der Waals surface area contributed by atoms with Gasteiger partial charge in [-0.1, -0.05) is 13.3 Å². The molecule has 2 aromatic heterocycles. The van der Waals surface area contributed by atoms with E-state index in [1.165, 1.54) is 5.56 Å². The number of nitrogens with zero attached hydrogens (tertiary/aromatic N) is 4. The van der Waals surface area contributed by atoms with Crippen LogP contribution >= 0.6 is 0 Å². The summed E-state index contributed by atoms with van der Waals surface area (Å²) in [6, 6.07) is 0. The van der Waals surface area contributed by atoms with Gasteiger partial charge in [-0.25, -0.2) is 15.0 Å². The molecular formula is C15H24N6. The van der Waals surface area contributed by atoms with Crippen LogP contribution in [0.2, 0.25) is 0 Å². The molecule has 2 N–H and O–H groups in total. The summed E-state index contributed by atoms with van der Waals surface area (Å²) in [6.07, 6.45) is 8.31. The van der Waals surface area contributed by atoms with Crippen molar-refractivity contribution in [3.63, 3.8) is 0 Å². The number of anilines is 2. The van der Waals surface area contributed by atoms with E-state index in [9.17, 15) is 0 Å². The first kappa shape index (κ1) is 15.3. The molecule has 2 rings (SSSR count). The predicted octanol–water partition coefficient (Wildman–Crippen LogP) is 2.25. The molecule has 0 aliphatic rings. The second-order valence-electron chi connectivity index (χ2n) is 4.96. The lowest BCUT2D eigenvalue weighted by Gasteiger charge is -2.14. The highest BCUT2D eigenvalue weighted by Gasteiger charge is 2.10. The van der Waals surface area contributed by atoms with Crippen LogP contribution in [0.1, 0.15) is 31.7 Å². The zero-order valence-electron chi connectivity index (χ0n) is 13.1. The summed E-state index contributed by atoms with van der Waals surface area (Å²) in [5.74, 6) is 2.94. The normalized spacial score (nSPS) is 10.6. The molecule has 0 spiro atoms. The molecular weight excluding hydrogens is 264 g/mol. The molecule has 21 heavy (non-hydrogen) atoms. The predicted molar refractivity (Wildman–Crippen MR) is 85.6 cm³/mol. The Bertz CT molecular complexity index is 563. The van der Waals surface area contributed by atoms with Crippen molar-refractivity contribution in [3.05, 3.63) is 30.1 Å². The van der Waals surface area contributed by atoms with Gasteiger partial charge in [0, 0.05) is 44.5 Å². The van der Waals surface area contributed by atoms with E-state index in [1.807, 2.05) is 24.0 Å². The minimum absolute atomic E-state index is 0.810. The summed E-state index contributed by atoms with van der Waals surface area (Å²) >= 11 is 0. The van der Waals surface area contributed by atoms with Crippen molar-refractivity contribution in [3.8, 4) is 0 Å². The highest BCUT2D eigenvalue weighted by molar-refractivity contribution is 5.57. The van der Waals surface area contributed by atoms with Crippen LogP contribution in [0, 0.1) is 0 Å². The zero-order valence-corrected chi connectivity index (χ0v) is 13.1. The second kappa shape index (κ2) is 7.61. The van der Waals surface area contributed by atoms with Crippen molar-refractivity contribution in [2.45, 2.75) is 33.1 Å². The topological polar surface area (TPSA) is 67.7 Å². The highest BCUT2D eigenvalue weighted by atomic mass is 15.1. The van der Waals surface area contributed by atoms with Gasteiger partial charge in [0.25, 0.3) is 0 Å². The fourth-order valence-corrected chi connectivity index (χ4v) is 2.30. The van der Waals surface area contributed by atoms with Gasteiger partial charge in [-0.3, -0.25) is 0 Å². The number of rotatable bonds is 8. The Labute approximate surface area is 126 Å². The number of aryl methyl sites for hydroxylation is 1. The van der Waals surface area contributed by atoms with Crippen molar-refractivity contribution < 1.29 is 0 Å². The molecule has 0 saturated carbocycles. The van der Waals surface area contributed by atoms with Crippen molar-refractivity contribution >= 4 is 11.6 Å². The van der Waals surface area contributed by atoms with Gasteiger partial charge in [0.2, 0.25) is 0 Å².